The van der Waals surface area contributed by atoms with Crippen molar-refractivity contribution in [3.63, 3.8) is 0 Å². The molecule has 0 saturated heterocycles. The molecule has 5 heteroatoms. The summed E-state index contributed by atoms with van der Waals surface area (Å²) in [6, 6.07) is 6.96. The molecule has 5 nitrogen and oxygen atoms in total. The van der Waals surface area contributed by atoms with E-state index in [1.54, 1.807) is 0 Å². The first-order chi connectivity index (χ1) is 9.06. The maximum atomic E-state index is 11.7. The van der Waals surface area contributed by atoms with Crippen LogP contribution in [0, 0.1) is 0 Å². The van der Waals surface area contributed by atoms with Gasteiger partial charge < -0.3 is 15.7 Å². The zero-order chi connectivity index (χ0) is 13.8. The third kappa shape index (κ3) is 3.47. The molecule has 1 aliphatic carbocycles. The van der Waals surface area contributed by atoms with Crippen LogP contribution in [0.1, 0.15) is 24.5 Å². The number of carboxylic acids is 1. The highest BCUT2D eigenvalue weighted by atomic mass is 16.4. The topological polar surface area (TPSA) is 78.4 Å². The first-order valence-electron chi connectivity index (χ1n) is 6.43. The Labute approximate surface area is 112 Å². The van der Waals surface area contributed by atoms with Crippen molar-refractivity contribution in [2.45, 2.75) is 38.3 Å². The van der Waals surface area contributed by atoms with Gasteiger partial charge in [0.2, 0.25) is 0 Å². The first kappa shape index (κ1) is 13.4. The number of urea groups is 1. The minimum atomic E-state index is -1.04. The molecule has 0 aromatic heterocycles. The molecule has 0 radical (unpaired) electrons. The number of carbonyl (C=O) groups is 2. The van der Waals surface area contributed by atoms with Gasteiger partial charge in [-0.3, -0.25) is 4.79 Å². The molecular weight excluding hydrogens is 244 g/mol. The largest absolute Gasteiger partial charge is 0.480 e. The van der Waals surface area contributed by atoms with Crippen molar-refractivity contribution in [1.82, 2.24) is 10.6 Å². The van der Waals surface area contributed by atoms with Crippen LogP contribution in [-0.2, 0) is 17.6 Å². The van der Waals surface area contributed by atoms with Gasteiger partial charge in [0.15, 0.2) is 0 Å². The molecule has 1 aliphatic rings. The van der Waals surface area contributed by atoms with E-state index >= 15 is 0 Å². The molecule has 102 valence electrons. The number of amides is 2. The number of nitrogens with one attached hydrogen (secondary N) is 2. The number of hydrogen-bond donors (Lipinski definition) is 3. The van der Waals surface area contributed by atoms with Gasteiger partial charge in [0.1, 0.15) is 6.04 Å². The van der Waals surface area contributed by atoms with Crippen molar-refractivity contribution in [2.75, 3.05) is 0 Å². The second kappa shape index (κ2) is 5.73. The Morgan fingerprint density at radius 3 is 2.68 bits per heavy atom. The fraction of sp³-hybridized carbons (Fsp3) is 0.429. The number of benzene rings is 1. The molecule has 1 aromatic rings. The van der Waals surface area contributed by atoms with Gasteiger partial charge in [0.05, 0.1) is 0 Å². The Morgan fingerprint density at radius 1 is 1.32 bits per heavy atom. The van der Waals surface area contributed by atoms with Gasteiger partial charge in [-0.1, -0.05) is 24.3 Å². The van der Waals surface area contributed by atoms with Gasteiger partial charge in [0.25, 0.3) is 0 Å². The third-order valence-corrected chi connectivity index (χ3v) is 3.40. The summed E-state index contributed by atoms with van der Waals surface area (Å²) < 4.78 is 0. The second-order valence-corrected chi connectivity index (χ2v) is 4.89. The SMILES string of the molecule is C[C@H](NC(=O)NC1CCc2ccccc2C1)C(=O)O. The first-order valence-corrected chi connectivity index (χ1v) is 6.43. The van der Waals surface area contributed by atoms with E-state index in [4.69, 9.17) is 5.11 Å². The Hall–Kier alpha value is -2.04. The van der Waals surface area contributed by atoms with Crippen LogP contribution in [0.4, 0.5) is 4.79 Å². The number of aliphatic carboxylic acids is 1. The van der Waals surface area contributed by atoms with Gasteiger partial charge in [-0.15, -0.1) is 0 Å². The fourth-order valence-electron chi connectivity index (χ4n) is 2.31. The lowest BCUT2D eigenvalue weighted by Gasteiger charge is -2.25. The zero-order valence-corrected chi connectivity index (χ0v) is 10.8. The summed E-state index contributed by atoms with van der Waals surface area (Å²) in [6.45, 7) is 1.44. The van der Waals surface area contributed by atoms with Gasteiger partial charge in [-0.25, -0.2) is 4.79 Å². The molecule has 19 heavy (non-hydrogen) atoms. The number of hydrogen-bond acceptors (Lipinski definition) is 2. The van der Waals surface area contributed by atoms with Crippen LogP contribution in [0.25, 0.3) is 0 Å². The van der Waals surface area contributed by atoms with E-state index in [1.807, 2.05) is 12.1 Å². The smallest absolute Gasteiger partial charge is 0.325 e. The van der Waals surface area contributed by atoms with Crippen molar-refractivity contribution in [3.8, 4) is 0 Å². The summed E-state index contributed by atoms with van der Waals surface area (Å²) in [5.74, 6) is -1.04. The highest BCUT2D eigenvalue weighted by Crippen LogP contribution is 2.20. The quantitative estimate of drug-likeness (QED) is 0.768. The van der Waals surface area contributed by atoms with E-state index in [0.29, 0.717) is 0 Å². The molecular formula is C14H18N2O3. The molecule has 0 aliphatic heterocycles. The van der Waals surface area contributed by atoms with E-state index in [0.717, 1.165) is 19.3 Å². The lowest BCUT2D eigenvalue weighted by Crippen LogP contribution is -2.49. The molecule has 0 spiro atoms. The normalized spacial score (nSPS) is 19.1. The van der Waals surface area contributed by atoms with Crippen molar-refractivity contribution in [1.29, 1.82) is 0 Å². The standard InChI is InChI=1S/C14H18N2O3/c1-9(13(17)18)15-14(19)16-12-7-6-10-4-2-3-5-11(10)8-12/h2-5,9,12H,6-8H2,1H3,(H,17,18)(H2,15,16,19)/t9-,12?/m0/s1. The minimum absolute atomic E-state index is 0.0656. The van der Waals surface area contributed by atoms with Crippen LogP contribution in [-0.4, -0.2) is 29.2 Å². The summed E-state index contributed by atoms with van der Waals surface area (Å²) in [7, 11) is 0. The van der Waals surface area contributed by atoms with Crippen molar-refractivity contribution in [3.05, 3.63) is 35.4 Å². The second-order valence-electron chi connectivity index (χ2n) is 4.89. The van der Waals surface area contributed by atoms with Crippen molar-refractivity contribution >= 4 is 12.0 Å². The highest BCUT2D eigenvalue weighted by Gasteiger charge is 2.21. The lowest BCUT2D eigenvalue weighted by atomic mass is 9.88. The van der Waals surface area contributed by atoms with Crippen LogP contribution >= 0.6 is 0 Å². The van der Waals surface area contributed by atoms with Crippen LogP contribution in [0.3, 0.4) is 0 Å². The lowest BCUT2D eigenvalue weighted by molar-refractivity contribution is -0.138. The van der Waals surface area contributed by atoms with Gasteiger partial charge >= 0.3 is 12.0 Å². The van der Waals surface area contributed by atoms with Gasteiger partial charge in [-0.2, -0.15) is 0 Å². The van der Waals surface area contributed by atoms with Crippen molar-refractivity contribution in [2.24, 2.45) is 0 Å². The van der Waals surface area contributed by atoms with E-state index in [9.17, 15) is 9.59 Å². The van der Waals surface area contributed by atoms with Gasteiger partial charge in [0, 0.05) is 6.04 Å². The zero-order valence-electron chi connectivity index (χ0n) is 10.8. The van der Waals surface area contributed by atoms with Crippen LogP contribution in [0.5, 0.6) is 0 Å². The highest BCUT2D eigenvalue weighted by molar-refractivity contribution is 5.82. The molecule has 1 unspecified atom stereocenters. The van der Waals surface area contributed by atoms with Crippen LogP contribution < -0.4 is 10.6 Å². The van der Waals surface area contributed by atoms with E-state index in [1.165, 1.54) is 18.1 Å². The van der Waals surface area contributed by atoms with E-state index < -0.39 is 18.0 Å². The Kier molecular flexibility index (Phi) is 4.04. The average Bonchev–Trinajstić information content (AvgIpc) is 2.38. The summed E-state index contributed by atoms with van der Waals surface area (Å²) >= 11 is 0. The van der Waals surface area contributed by atoms with E-state index in [-0.39, 0.29) is 6.04 Å². The number of fused-ring (bicyclic) bond motifs is 1. The van der Waals surface area contributed by atoms with Crippen LogP contribution in [0.2, 0.25) is 0 Å². The van der Waals surface area contributed by atoms with Gasteiger partial charge in [-0.05, 0) is 37.3 Å². The molecule has 2 amide bonds. The Morgan fingerprint density at radius 2 is 2.00 bits per heavy atom. The number of aryl methyl sites for hydroxylation is 1. The molecule has 2 rings (SSSR count). The molecule has 0 saturated carbocycles. The summed E-state index contributed by atoms with van der Waals surface area (Å²) in [4.78, 5) is 22.3. The maximum Gasteiger partial charge on any atom is 0.325 e. The number of carbonyl (C=O) groups excluding carboxylic acids is 1. The number of rotatable bonds is 3. The third-order valence-electron chi connectivity index (χ3n) is 3.40. The molecule has 0 fully saturated rings. The fourth-order valence-corrected chi connectivity index (χ4v) is 2.31. The molecule has 3 N–H and O–H groups in total. The minimum Gasteiger partial charge on any atom is -0.480 e. The predicted octanol–water partition coefficient (Wildman–Crippen LogP) is 1.32. The monoisotopic (exact) mass is 262 g/mol. The van der Waals surface area contributed by atoms with E-state index in [2.05, 4.69) is 22.8 Å². The summed E-state index contributed by atoms with van der Waals surface area (Å²) in [5, 5.41) is 14.0. The van der Waals surface area contributed by atoms with Crippen molar-refractivity contribution < 1.29 is 14.7 Å². The summed E-state index contributed by atoms with van der Waals surface area (Å²) in [5.41, 5.74) is 2.59. The predicted molar refractivity (Wildman–Crippen MR) is 71.0 cm³/mol. The number of carboxylic acid groups (broad SMARTS) is 1. The Balaban J connectivity index is 1.88. The molecule has 0 heterocycles. The summed E-state index contributed by atoms with van der Waals surface area (Å²) in [6.07, 6.45) is 2.62. The average molecular weight is 262 g/mol. The molecule has 2 atom stereocenters. The maximum absolute atomic E-state index is 11.7. The van der Waals surface area contributed by atoms with Crippen LogP contribution in [0.15, 0.2) is 24.3 Å². The Bertz CT molecular complexity index is 487. The molecule has 0 bridgehead atoms. The molecule has 1 aromatic carbocycles.